The molecule has 0 saturated carbocycles. The Morgan fingerprint density at radius 3 is 2.88 bits per heavy atom. The van der Waals surface area contributed by atoms with Crippen LogP contribution in [0.15, 0.2) is 30.6 Å². The first-order chi connectivity index (χ1) is 8.19. The predicted molar refractivity (Wildman–Crippen MR) is 68.8 cm³/mol. The molecule has 0 atom stereocenters. The molecular formula is C12H13N5. The molecule has 2 aromatic rings. The maximum absolute atomic E-state index is 7.33. The average Bonchev–Trinajstić information content (AvgIpc) is 2.31. The molecule has 0 aromatic carbocycles. The van der Waals surface area contributed by atoms with Gasteiger partial charge in [-0.25, -0.2) is 4.98 Å². The van der Waals surface area contributed by atoms with E-state index in [0.29, 0.717) is 11.4 Å². The highest BCUT2D eigenvalue weighted by atomic mass is 14.9. The molecule has 2 rings (SSSR count). The van der Waals surface area contributed by atoms with Crippen molar-refractivity contribution in [1.29, 1.82) is 5.41 Å². The molecule has 0 saturated heterocycles. The third kappa shape index (κ3) is 2.57. The van der Waals surface area contributed by atoms with Crippen LogP contribution in [0.3, 0.4) is 0 Å². The number of hydrogen-bond donors (Lipinski definition) is 3. The van der Waals surface area contributed by atoms with Crippen LogP contribution in [0.5, 0.6) is 0 Å². The molecule has 0 unspecified atom stereocenters. The van der Waals surface area contributed by atoms with E-state index < -0.39 is 0 Å². The van der Waals surface area contributed by atoms with E-state index in [1.54, 1.807) is 18.5 Å². The number of pyridine rings is 2. The summed E-state index contributed by atoms with van der Waals surface area (Å²) in [5.41, 5.74) is 8.85. The van der Waals surface area contributed by atoms with Crippen molar-refractivity contribution in [3.8, 4) is 0 Å². The minimum atomic E-state index is 0.403. The molecule has 0 bridgehead atoms. The topological polar surface area (TPSA) is 87.7 Å². The fraction of sp³-hybridized carbons (Fsp3) is 0.0833. The predicted octanol–water partition coefficient (Wildman–Crippen LogP) is 2.11. The van der Waals surface area contributed by atoms with E-state index in [0.717, 1.165) is 17.1 Å². The van der Waals surface area contributed by atoms with Crippen molar-refractivity contribution < 1.29 is 0 Å². The molecule has 4 N–H and O–H groups in total. The molecule has 86 valence electrons. The number of nitrogens with one attached hydrogen (secondary N) is 2. The molecule has 0 radical (unpaired) electrons. The zero-order valence-corrected chi connectivity index (χ0v) is 9.44. The Bertz CT molecular complexity index is 550. The van der Waals surface area contributed by atoms with E-state index in [1.165, 1.54) is 6.21 Å². The van der Waals surface area contributed by atoms with Gasteiger partial charge in [-0.1, -0.05) is 0 Å². The smallest absolute Gasteiger partial charge is 0.124 e. The molecule has 0 fully saturated rings. The van der Waals surface area contributed by atoms with Gasteiger partial charge in [-0.05, 0) is 25.1 Å². The number of rotatable bonds is 3. The maximum Gasteiger partial charge on any atom is 0.124 e. The van der Waals surface area contributed by atoms with Crippen LogP contribution in [0.25, 0.3) is 0 Å². The number of nitrogens with two attached hydrogens (primary N) is 1. The summed E-state index contributed by atoms with van der Waals surface area (Å²) < 4.78 is 0. The van der Waals surface area contributed by atoms with Crippen molar-refractivity contribution >= 4 is 23.4 Å². The van der Waals surface area contributed by atoms with E-state index in [-0.39, 0.29) is 0 Å². The first kappa shape index (κ1) is 11.1. The monoisotopic (exact) mass is 227 g/mol. The molecule has 0 spiro atoms. The van der Waals surface area contributed by atoms with Crippen molar-refractivity contribution in [3.63, 3.8) is 0 Å². The van der Waals surface area contributed by atoms with Crippen LogP contribution in [0.1, 0.15) is 11.3 Å². The number of hydrogen-bond acceptors (Lipinski definition) is 5. The molecular weight excluding hydrogens is 214 g/mol. The summed E-state index contributed by atoms with van der Waals surface area (Å²) in [6.45, 7) is 1.92. The Balaban J connectivity index is 2.32. The van der Waals surface area contributed by atoms with Gasteiger partial charge in [0.2, 0.25) is 0 Å². The minimum absolute atomic E-state index is 0.403. The van der Waals surface area contributed by atoms with E-state index in [9.17, 15) is 0 Å². The number of aromatic nitrogens is 2. The molecule has 5 heteroatoms. The van der Waals surface area contributed by atoms with Crippen molar-refractivity contribution in [3.05, 3.63) is 41.9 Å². The van der Waals surface area contributed by atoms with Gasteiger partial charge in [0.25, 0.3) is 0 Å². The highest BCUT2D eigenvalue weighted by Gasteiger charge is 2.02. The zero-order valence-electron chi connectivity index (χ0n) is 9.44. The van der Waals surface area contributed by atoms with Gasteiger partial charge in [0, 0.05) is 29.4 Å². The van der Waals surface area contributed by atoms with Crippen LogP contribution in [0, 0.1) is 12.3 Å². The van der Waals surface area contributed by atoms with E-state index in [4.69, 9.17) is 11.1 Å². The Hall–Kier alpha value is -2.43. The number of anilines is 3. The molecule has 5 nitrogen and oxygen atoms in total. The zero-order chi connectivity index (χ0) is 12.3. The highest BCUT2D eigenvalue weighted by Crippen LogP contribution is 2.20. The number of nitrogens with zero attached hydrogens (tertiary/aromatic N) is 2. The van der Waals surface area contributed by atoms with Gasteiger partial charge in [-0.3, -0.25) is 4.98 Å². The lowest BCUT2D eigenvalue weighted by Crippen LogP contribution is -1.99. The summed E-state index contributed by atoms with van der Waals surface area (Å²) >= 11 is 0. The molecule has 0 aliphatic rings. The van der Waals surface area contributed by atoms with Crippen molar-refractivity contribution in [2.75, 3.05) is 11.1 Å². The van der Waals surface area contributed by atoms with Gasteiger partial charge in [0.1, 0.15) is 5.82 Å². The normalized spacial score (nSPS) is 9.94. The summed E-state index contributed by atoms with van der Waals surface area (Å²) in [5.74, 6) is 0.403. The van der Waals surface area contributed by atoms with Crippen molar-refractivity contribution in [2.24, 2.45) is 0 Å². The molecule has 0 aliphatic heterocycles. The Morgan fingerprint density at radius 1 is 1.35 bits per heavy atom. The van der Waals surface area contributed by atoms with E-state index >= 15 is 0 Å². The van der Waals surface area contributed by atoms with Crippen LogP contribution in [0.4, 0.5) is 17.2 Å². The summed E-state index contributed by atoms with van der Waals surface area (Å²) in [5, 5.41) is 10.5. The average molecular weight is 227 g/mol. The Kier molecular flexibility index (Phi) is 3.00. The summed E-state index contributed by atoms with van der Waals surface area (Å²) in [4.78, 5) is 8.12. The molecule has 17 heavy (non-hydrogen) atoms. The van der Waals surface area contributed by atoms with Gasteiger partial charge in [0.05, 0.1) is 11.9 Å². The lowest BCUT2D eigenvalue weighted by atomic mass is 10.2. The summed E-state index contributed by atoms with van der Waals surface area (Å²) in [7, 11) is 0. The highest BCUT2D eigenvalue weighted by molar-refractivity contribution is 5.88. The summed E-state index contributed by atoms with van der Waals surface area (Å²) in [6, 6.07) is 5.44. The number of aryl methyl sites for hydroxylation is 1. The second kappa shape index (κ2) is 4.61. The van der Waals surface area contributed by atoms with Gasteiger partial charge < -0.3 is 16.5 Å². The second-order valence-electron chi connectivity index (χ2n) is 3.65. The van der Waals surface area contributed by atoms with Crippen LogP contribution in [0.2, 0.25) is 0 Å². The largest absolute Gasteiger partial charge is 0.384 e. The van der Waals surface area contributed by atoms with Gasteiger partial charge in [0.15, 0.2) is 0 Å². The minimum Gasteiger partial charge on any atom is -0.384 e. The van der Waals surface area contributed by atoms with Crippen molar-refractivity contribution in [1.82, 2.24) is 9.97 Å². The standard InChI is InChI=1S/C12H13N5/c1-8-4-10(2-3-15-8)17-11-7-16-12(14)5-9(11)6-13/h2-7,13H,1H3,(H2,14,16)(H,15,17). The first-order valence-corrected chi connectivity index (χ1v) is 5.15. The van der Waals surface area contributed by atoms with Gasteiger partial charge in [-0.2, -0.15) is 0 Å². The quantitative estimate of drug-likeness (QED) is 0.701. The van der Waals surface area contributed by atoms with Crippen LogP contribution in [-0.4, -0.2) is 16.2 Å². The maximum atomic E-state index is 7.33. The summed E-state index contributed by atoms with van der Waals surface area (Å²) in [6.07, 6.45) is 4.59. The molecule has 2 aromatic heterocycles. The lowest BCUT2D eigenvalue weighted by Gasteiger charge is -2.09. The van der Waals surface area contributed by atoms with Crippen LogP contribution >= 0.6 is 0 Å². The van der Waals surface area contributed by atoms with Gasteiger partial charge >= 0.3 is 0 Å². The first-order valence-electron chi connectivity index (χ1n) is 5.15. The number of nitrogen functional groups attached to an aromatic ring is 1. The molecule has 0 amide bonds. The SMILES string of the molecule is Cc1cc(Nc2cnc(N)cc2C=N)ccn1. The second-order valence-corrected chi connectivity index (χ2v) is 3.65. The van der Waals surface area contributed by atoms with Crippen LogP contribution < -0.4 is 11.1 Å². The molecule has 0 aliphatic carbocycles. The van der Waals surface area contributed by atoms with E-state index in [2.05, 4.69) is 15.3 Å². The third-order valence-corrected chi connectivity index (χ3v) is 2.29. The fourth-order valence-corrected chi connectivity index (χ4v) is 1.49. The lowest BCUT2D eigenvalue weighted by molar-refractivity contribution is 1.20. The fourth-order valence-electron chi connectivity index (χ4n) is 1.49. The third-order valence-electron chi connectivity index (χ3n) is 2.29. The van der Waals surface area contributed by atoms with Crippen LogP contribution in [-0.2, 0) is 0 Å². The molecule has 2 heterocycles. The Morgan fingerprint density at radius 2 is 2.18 bits per heavy atom. The van der Waals surface area contributed by atoms with Gasteiger partial charge in [-0.15, -0.1) is 0 Å². The van der Waals surface area contributed by atoms with Crippen molar-refractivity contribution in [2.45, 2.75) is 6.92 Å². The Labute approximate surface area is 99.2 Å². The van der Waals surface area contributed by atoms with E-state index in [1.807, 2.05) is 19.1 Å².